The number of carbonyl (C=O) groups is 1. The molecule has 0 aliphatic carbocycles. The lowest BCUT2D eigenvalue weighted by Crippen LogP contribution is -2.16. The van der Waals surface area contributed by atoms with Crippen LogP contribution in [0.25, 0.3) is 6.08 Å². The normalized spacial score (nSPS) is 13.0. The van der Waals surface area contributed by atoms with Gasteiger partial charge in [-0.15, -0.1) is 0 Å². The molecule has 0 spiro atoms. The highest BCUT2D eigenvalue weighted by molar-refractivity contribution is 5.76. The van der Waals surface area contributed by atoms with E-state index in [4.69, 9.17) is 4.74 Å². The molecule has 0 aliphatic heterocycles. The van der Waals surface area contributed by atoms with Gasteiger partial charge in [-0.2, -0.15) is 0 Å². The van der Waals surface area contributed by atoms with Crippen LogP contribution in [0.1, 0.15) is 37.5 Å². The minimum absolute atomic E-state index is 0.143. The van der Waals surface area contributed by atoms with Crippen LogP contribution in [0.15, 0.2) is 60.7 Å². The lowest BCUT2D eigenvalue weighted by molar-refractivity contribution is -0.143. The van der Waals surface area contributed by atoms with Crippen LogP contribution in [0.4, 0.5) is 0 Å². The van der Waals surface area contributed by atoms with E-state index in [9.17, 15) is 4.79 Å². The molecule has 1 unspecified atom stereocenters. The molecule has 0 radical (unpaired) electrons. The first kappa shape index (κ1) is 18.0. The van der Waals surface area contributed by atoms with E-state index in [0.717, 1.165) is 11.1 Å². The van der Waals surface area contributed by atoms with Crippen molar-refractivity contribution in [3.8, 4) is 0 Å². The highest BCUT2D eigenvalue weighted by atomic mass is 16.5. The molecule has 1 atom stereocenters. The first-order valence-electron chi connectivity index (χ1n) is 8.30. The molecule has 0 fully saturated rings. The fourth-order valence-electron chi connectivity index (χ4n) is 2.57. The molecule has 2 aromatic carbocycles. The van der Waals surface area contributed by atoms with Gasteiger partial charge in [-0.1, -0.05) is 87.5 Å². The first-order chi connectivity index (χ1) is 11.4. The minimum Gasteiger partial charge on any atom is -0.469 e. The summed E-state index contributed by atoms with van der Waals surface area (Å²) in [6.45, 7) is 6.60. The fraction of sp³-hybridized carbons (Fsp3) is 0.318. The molecule has 2 heteroatoms. The summed E-state index contributed by atoms with van der Waals surface area (Å²) in [6.07, 6.45) is 4.58. The van der Waals surface area contributed by atoms with Gasteiger partial charge in [0.15, 0.2) is 0 Å². The first-order valence-corrected chi connectivity index (χ1v) is 8.30. The Morgan fingerprint density at radius 1 is 1.04 bits per heavy atom. The van der Waals surface area contributed by atoms with Gasteiger partial charge in [0, 0.05) is 0 Å². The number of hydrogen-bond acceptors (Lipinski definition) is 2. The number of rotatable bonds is 5. The molecule has 0 saturated heterocycles. The van der Waals surface area contributed by atoms with Crippen molar-refractivity contribution in [2.45, 2.75) is 32.6 Å². The molecule has 0 amide bonds. The Bertz CT molecular complexity index is 676. The molecular formula is C22H26O2. The van der Waals surface area contributed by atoms with Gasteiger partial charge >= 0.3 is 5.97 Å². The molecule has 0 bridgehead atoms. The Hall–Kier alpha value is -2.35. The van der Waals surface area contributed by atoms with Crippen molar-refractivity contribution in [2.24, 2.45) is 5.92 Å². The highest BCUT2D eigenvalue weighted by Crippen LogP contribution is 2.23. The monoisotopic (exact) mass is 322 g/mol. The van der Waals surface area contributed by atoms with Gasteiger partial charge in [-0.3, -0.25) is 4.79 Å². The van der Waals surface area contributed by atoms with Crippen LogP contribution in [0, 0.1) is 5.92 Å². The van der Waals surface area contributed by atoms with E-state index in [1.54, 1.807) is 0 Å². The highest BCUT2D eigenvalue weighted by Gasteiger charge is 2.16. The zero-order valence-electron chi connectivity index (χ0n) is 15.0. The molecule has 0 aliphatic rings. The van der Waals surface area contributed by atoms with Gasteiger partial charge in [0.05, 0.1) is 13.0 Å². The van der Waals surface area contributed by atoms with Crippen molar-refractivity contribution in [3.63, 3.8) is 0 Å². The zero-order chi connectivity index (χ0) is 17.6. The summed E-state index contributed by atoms with van der Waals surface area (Å²) in [7, 11) is 1.44. The third-order valence-electron chi connectivity index (χ3n) is 4.10. The standard InChI is InChI=1S/C22H26O2/c1-22(2,3)20-14-11-17(12-15-20)10-13-19(21(23)24-4)16-18-8-6-5-7-9-18/h5-15,19H,16H2,1-4H3/b13-10+. The third kappa shape index (κ3) is 5.09. The molecule has 2 rings (SSSR count). The van der Waals surface area contributed by atoms with Crippen molar-refractivity contribution >= 4 is 12.0 Å². The predicted octanol–water partition coefficient (Wildman–Crippen LogP) is 5.03. The summed E-state index contributed by atoms with van der Waals surface area (Å²) in [5.74, 6) is -0.485. The van der Waals surface area contributed by atoms with Gasteiger partial charge in [-0.05, 0) is 28.5 Å². The van der Waals surface area contributed by atoms with Crippen molar-refractivity contribution in [3.05, 3.63) is 77.4 Å². The van der Waals surface area contributed by atoms with Crippen LogP contribution in [0.5, 0.6) is 0 Å². The molecular weight excluding hydrogens is 296 g/mol. The van der Waals surface area contributed by atoms with E-state index < -0.39 is 0 Å². The number of ether oxygens (including phenoxy) is 1. The van der Waals surface area contributed by atoms with Gasteiger partial charge in [0.2, 0.25) is 0 Å². The van der Waals surface area contributed by atoms with Crippen LogP contribution in [0.3, 0.4) is 0 Å². The number of hydrogen-bond donors (Lipinski definition) is 0. The number of benzene rings is 2. The van der Waals surface area contributed by atoms with Gasteiger partial charge in [0.25, 0.3) is 0 Å². The summed E-state index contributed by atoms with van der Waals surface area (Å²) >= 11 is 0. The van der Waals surface area contributed by atoms with Crippen molar-refractivity contribution in [1.82, 2.24) is 0 Å². The average molecular weight is 322 g/mol. The summed E-state index contributed by atoms with van der Waals surface area (Å²) in [4.78, 5) is 12.0. The second kappa shape index (κ2) is 7.96. The lowest BCUT2D eigenvalue weighted by atomic mass is 9.86. The Kier molecular flexibility index (Phi) is 5.97. The van der Waals surface area contributed by atoms with E-state index in [1.165, 1.54) is 12.7 Å². The van der Waals surface area contributed by atoms with E-state index in [1.807, 2.05) is 42.5 Å². The number of methoxy groups -OCH3 is 1. The molecule has 0 saturated carbocycles. The minimum atomic E-state index is -0.278. The fourth-order valence-corrected chi connectivity index (χ4v) is 2.57. The summed E-state index contributed by atoms with van der Waals surface area (Å²) in [6, 6.07) is 18.5. The van der Waals surface area contributed by atoms with Crippen LogP contribution in [0.2, 0.25) is 0 Å². The Morgan fingerprint density at radius 3 is 2.21 bits per heavy atom. The molecule has 0 N–H and O–H groups in total. The predicted molar refractivity (Wildman–Crippen MR) is 99.8 cm³/mol. The van der Waals surface area contributed by atoms with E-state index >= 15 is 0 Å². The second-order valence-electron chi connectivity index (χ2n) is 7.05. The van der Waals surface area contributed by atoms with Crippen LogP contribution >= 0.6 is 0 Å². The van der Waals surface area contributed by atoms with Crippen molar-refractivity contribution in [2.75, 3.05) is 7.11 Å². The topological polar surface area (TPSA) is 26.3 Å². The van der Waals surface area contributed by atoms with Crippen LogP contribution in [-0.2, 0) is 21.4 Å². The Balaban J connectivity index is 2.13. The van der Waals surface area contributed by atoms with Gasteiger partial charge in [-0.25, -0.2) is 0 Å². The summed E-state index contributed by atoms with van der Waals surface area (Å²) in [5.41, 5.74) is 3.66. The quantitative estimate of drug-likeness (QED) is 0.722. The van der Waals surface area contributed by atoms with Crippen LogP contribution < -0.4 is 0 Å². The molecule has 2 aromatic rings. The van der Waals surface area contributed by atoms with Crippen molar-refractivity contribution < 1.29 is 9.53 Å². The van der Waals surface area contributed by atoms with Gasteiger partial charge in [0.1, 0.15) is 0 Å². The third-order valence-corrected chi connectivity index (χ3v) is 4.10. The number of esters is 1. The molecule has 0 aromatic heterocycles. The molecule has 0 heterocycles. The van der Waals surface area contributed by atoms with Crippen LogP contribution in [-0.4, -0.2) is 13.1 Å². The van der Waals surface area contributed by atoms with E-state index in [2.05, 4.69) is 45.0 Å². The average Bonchev–Trinajstić information content (AvgIpc) is 2.58. The summed E-state index contributed by atoms with van der Waals surface area (Å²) < 4.78 is 4.95. The van der Waals surface area contributed by atoms with E-state index in [0.29, 0.717) is 6.42 Å². The Morgan fingerprint density at radius 2 is 1.67 bits per heavy atom. The maximum atomic E-state index is 12.0. The maximum absolute atomic E-state index is 12.0. The smallest absolute Gasteiger partial charge is 0.312 e. The lowest BCUT2D eigenvalue weighted by Gasteiger charge is -2.18. The number of carbonyl (C=O) groups excluding carboxylic acids is 1. The van der Waals surface area contributed by atoms with Gasteiger partial charge < -0.3 is 4.74 Å². The second-order valence-corrected chi connectivity index (χ2v) is 7.05. The maximum Gasteiger partial charge on any atom is 0.312 e. The Labute approximate surface area is 145 Å². The summed E-state index contributed by atoms with van der Waals surface area (Å²) in [5, 5.41) is 0. The molecule has 24 heavy (non-hydrogen) atoms. The molecule has 2 nitrogen and oxygen atoms in total. The largest absolute Gasteiger partial charge is 0.469 e. The molecule has 126 valence electrons. The SMILES string of the molecule is COC(=O)C(/C=C/c1ccc(C(C)(C)C)cc1)Cc1ccccc1. The van der Waals surface area contributed by atoms with Crippen molar-refractivity contribution in [1.29, 1.82) is 0 Å². The zero-order valence-corrected chi connectivity index (χ0v) is 15.0. The van der Waals surface area contributed by atoms with E-state index in [-0.39, 0.29) is 17.3 Å².